The first kappa shape index (κ1) is 9.89. The standard InChI is InChI=1S/C12H10N2O3/c15-12-11(13-3-4-14-12)8-1-2-9-10(7-8)17-6-5-16-9/h1-4,7H,5-6H2,(H,14,15). The Morgan fingerprint density at radius 3 is 2.82 bits per heavy atom. The lowest BCUT2D eigenvalue weighted by atomic mass is 10.1. The van der Waals surface area contributed by atoms with E-state index in [2.05, 4.69) is 9.97 Å². The molecule has 1 N–H and O–H groups in total. The van der Waals surface area contributed by atoms with Crippen LogP contribution in [0, 0.1) is 0 Å². The zero-order chi connectivity index (χ0) is 11.7. The molecule has 0 atom stereocenters. The molecule has 5 nitrogen and oxygen atoms in total. The summed E-state index contributed by atoms with van der Waals surface area (Å²) < 4.78 is 10.9. The quantitative estimate of drug-likeness (QED) is 0.799. The molecule has 1 aliphatic heterocycles. The molecule has 86 valence electrons. The molecule has 1 aliphatic rings. The van der Waals surface area contributed by atoms with Crippen LogP contribution in [0.1, 0.15) is 0 Å². The van der Waals surface area contributed by atoms with Crippen LogP contribution in [0.25, 0.3) is 11.3 Å². The highest BCUT2D eigenvalue weighted by molar-refractivity contribution is 5.63. The number of ether oxygens (including phenoxy) is 2. The predicted octanol–water partition coefficient (Wildman–Crippen LogP) is 1.21. The number of fused-ring (bicyclic) bond motifs is 1. The first-order valence-corrected chi connectivity index (χ1v) is 5.28. The Hall–Kier alpha value is -2.30. The van der Waals surface area contributed by atoms with Crippen molar-refractivity contribution in [3.05, 3.63) is 40.9 Å². The molecule has 3 rings (SSSR count). The number of rotatable bonds is 1. The Bertz CT molecular complexity index is 607. The molecule has 0 bridgehead atoms. The van der Waals surface area contributed by atoms with Crippen molar-refractivity contribution in [1.82, 2.24) is 9.97 Å². The van der Waals surface area contributed by atoms with E-state index in [4.69, 9.17) is 9.47 Å². The fourth-order valence-corrected chi connectivity index (χ4v) is 1.75. The van der Waals surface area contributed by atoms with Gasteiger partial charge in [0.2, 0.25) is 0 Å². The molecule has 0 fully saturated rings. The number of hydrogen-bond acceptors (Lipinski definition) is 4. The number of nitrogens with one attached hydrogen (secondary N) is 1. The van der Waals surface area contributed by atoms with Crippen LogP contribution >= 0.6 is 0 Å². The third-order valence-electron chi connectivity index (χ3n) is 2.52. The van der Waals surface area contributed by atoms with Crippen molar-refractivity contribution in [3.63, 3.8) is 0 Å². The second-order valence-corrected chi connectivity index (χ2v) is 3.63. The highest BCUT2D eigenvalue weighted by Crippen LogP contribution is 2.32. The van der Waals surface area contributed by atoms with Gasteiger partial charge in [0.05, 0.1) is 0 Å². The van der Waals surface area contributed by atoms with Crippen molar-refractivity contribution in [2.45, 2.75) is 0 Å². The minimum absolute atomic E-state index is 0.218. The topological polar surface area (TPSA) is 64.2 Å². The van der Waals surface area contributed by atoms with Crippen LogP contribution in [-0.4, -0.2) is 23.2 Å². The van der Waals surface area contributed by atoms with E-state index < -0.39 is 0 Å². The van der Waals surface area contributed by atoms with Gasteiger partial charge in [0.25, 0.3) is 5.56 Å². The van der Waals surface area contributed by atoms with Gasteiger partial charge in [-0.25, -0.2) is 4.98 Å². The van der Waals surface area contributed by atoms with Crippen LogP contribution in [0.3, 0.4) is 0 Å². The maximum absolute atomic E-state index is 11.6. The van der Waals surface area contributed by atoms with E-state index in [0.717, 1.165) is 5.56 Å². The molecule has 2 heterocycles. The Morgan fingerprint density at radius 1 is 1.18 bits per heavy atom. The predicted molar refractivity (Wildman–Crippen MR) is 61.3 cm³/mol. The lowest BCUT2D eigenvalue weighted by molar-refractivity contribution is 0.171. The minimum Gasteiger partial charge on any atom is -0.486 e. The van der Waals surface area contributed by atoms with Gasteiger partial charge in [0.1, 0.15) is 18.9 Å². The van der Waals surface area contributed by atoms with Crippen molar-refractivity contribution < 1.29 is 9.47 Å². The van der Waals surface area contributed by atoms with Crippen molar-refractivity contribution in [3.8, 4) is 22.8 Å². The van der Waals surface area contributed by atoms with Crippen LogP contribution in [0.5, 0.6) is 11.5 Å². The van der Waals surface area contributed by atoms with Gasteiger partial charge >= 0.3 is 0 Å². The summed E-state index contributed by atoms with van der Waals surface area (Å²) >= 11 is 0. The highest BCUT2D eigenvalue weighted by Gasteiger charge is 2.13. The largest absolute Gasteiger partial charge is 0.486 e. The third-order valence-corrected chi connectivity index (χ3v) is 2.52. The summed E-state index contributed by atoms with van der Waals surface area (Å²) in [4.78, 5) is 18.2. The number of benzene rings is 1. The molecule has 5 heteroatoms. The number of hydrogen-bond donors (Lipinski definition) is 1. The molecular formula is C12H10N2O3. The first-order chi connectivity index (χ1) is 8.34. The second kappa shape index (κ2) is 3.93. The van der Waals surface area contributed by atoms with Crippen molar-refractivity contribution in [2.24, 2.45) is 0 Å². The molecule has 2 aromatic rings. The summed E-state index contributed by atoms with van der Waals surface area (Å²) in [5.74, 6) is 1.35. The van der Waals surface area contributed by atoms with E-state index >= 15 is 0 Å². The maximum Gasteiger partial charge on any atom is 0.274 e. The molecule has 0 saturated heterocycles. The first-order valence-electron chi connectivity index (χ1n) is 5.28. The van der Waals surface area contributed by atoms with Gasteiger partial charge in [-0.2, -0.15) is 0 Å². The summed E-state index contributed by atoms with van der Waals surface area (Å²) in [5, 5.41) is 0. The average Bonchev–Trinajstić information content (AvgIpc) is 2.39. The van der Waals surface area contributed by atoms with Gasteiger partial charge in [-0.1, -0.05) is 0 Å². The molecule has 0 spiro atoms. The molecule has 0 amide bonds. The van der Waals surface area contributed by atoms with Gasteiger partial charge in [-0.3, -0.25) is 4.79 Å². The van der Waals surface area contributed by atoms with Crippen molar-refractivity contribution in [2.75, 3.05) is 13.2 Å². The fourth-order valence-electron chi connectivity index (χ4n) is 1.75. The molecule has 0 aliphatic carbocycles. The van der Waals surface area contributed by atoms with Crippen LogP contribution in [0.2, 0.25) is 0 Å². The van der Waals surface area contributed by atoms with Crippen LogP contribution in [0.4, 0.5) is 0 Å². The fraction of sp³-hybridized carbons (Fsp3) is 0.167. The Kier molecular flexibility index (Phi) is 2.29. The van der Waals surface area contributed by atoms with E-state index in [1.165, 1.54) is 6.20 Å². The van der Waals surface area contributed by atoms with Crippen molar-refractivity contribution in [1.29, 1.82) is 0 Å². The monoisotopic (exact) mass is 230 g/mol. The van der Waals surface area contributed by atoms with Gasteiger partial charge in [0, 0.05) is 18.0 Å². The summed E-state index contributed by atoms with van der Waals surface area (Å²) in [6.07, 6.45) is 3.05. The Labute approximate surface area is 97.0 Å². The minimum atomic E-state index is -0.218. The Morgan fingerprint density at radius 2 is 2.00 bits per heavy atom. The SMILES string of the molecule is O=c1[nH]ccnc1-c1ccc2c(c1)OCCO2. The lowest BCUT2D eigenvalue weighted by Crippen LogP contribution is -2.15. The molecule has 0 radical (unpaired) electrons. The van der Waals surface area contributed by atoms with Crippen molar-refractivity contribution >= 4 is 0 Å². The van der Waals surface area contributed by atoms with Gasteiger partial charge in [-0.15, -0.1) is 0 Å². The zero-order valence-corrected chi connectivity index (χ0v) is 8.97. The number of aromatic nitrogens is 2. The summed E-state index contributed by atoms with van der Waals surface area (Å²) in [6, 6.07) is 5.36. The molecule has 0 unspecified atom stereocenters. The van der Waals surface area contributed by atoms with Gasteiger partial charge in [0.15, 0.2) is 11.5 Å². The van der Waals surface area contributed by atoms with E-state index in [0.29, 0.717) is 30.4 Å². The molecular weight excluding hydrogens is 220 g/mol. The maximum atomic E-state index is 11.6. The smallest absolute Gasteiger partial charge is 0.274 e. The van der Waals surface area contributed by atoms with Crippen LogP contribution < -0.4 is 15.0 Å². The number of aromatic amines is 1. The average molecular weight is 230 g/mol. The van der Waals surface area contributed by atoms with Gasteiger partial charge < -0.3 is 14.5 Å². The van der Waals surface area contributed by atoms with E-state index in [9.17, 15) is 4.79 Å². The second-order valence-electron chi connectivity index (χ2n) is 3.63. The summed E-state index contributed by atoms with van der Waals surface area (Å²) in [7, 11) is 0. The van der Waals surface area contributed by atoms with Crippen LogP contribution in [-0.2, 0) is 0 Å². The van der Waals surface area contributed by atoms with E-state index in [1.54, 1.807) is 24.4 Å². The molecule has 1 aromatic heterocycles. The normalized spacial score (nSPS) is 13.4. The number of H-pyrrole nitrogens is 1. The number of nitrogens with zero attached hydrogens (tertiary/aromatic N) is 1. The van der Waals surface area contributed by atoms with E-state index in [1.807, 2.05) is 0 Å². The third kappa shape index (κ3) is 1.75. The van der Waals surface area contributed by atoms with Crippen LogP contribution in [0.15, 0.2) is 35.4 Å². The lowest BCUT2D eigenvalue weighted by Gasteiger charge is -2.18. The van der Waals surface area contributed by atoms with Gasteiger partial charge in [-0.05, 0) is 18.2 Å². The molecule has 1 aromatic carbocycles. The summed E-state index contributed by atoms with van der Waals surface area (Å²) in [6.45, 7) is 1.07. The zero-order valence-electron chi connectivity index (χ0n) is 8.97. The molecule has 0 saturated carbocycles. The Balaban J connectivity index is 2.10. The highest BCUT2D eigenvalue weighted by atomic mass is 16.6. The van der Waals surface area contributed by atoms with E-state index in [-0.39, 0.29) is 5.56 Å². The summed E-state index contributed by atoms with van der Waals surface area (Å²) in [5.41, 5.74) is 0.879. The molecule has 17 heavy (non-hydrogen) atoms.